The quantitative estimate of drug-likeness (QED) is 0.599. The van der Waals surface area contributed by atoms with Crippen LogP contribution in [0.3, 0.4) is 0 Å². The van der Waals surface area contributed by atoms with Crippen molar-refractivity contribution in [2.24, 2.45) is 5.73 Å². The number of hydrogen-bond donors (Lipinski definition) is 3. The average Bonchev–Trinajstić information content (AvgIpc) is 3.11. The Morgan fingerprint density at radius 2 is 2.07 bits per heavy atom. The van der Waals surface area contributed by atoms with Crippen molar-refractivity contribution in [2.45, 2.75) is 44.7 Å². The highest BCUT2D eigenvalue weighted by Crippen LogP contribution is 2.29. The molecule has 1 saturated carbocycles. The van der Waals surface area contributed by atoms with Gasteiger partial charge in [0.05, 0.1) is 17.9 Å². The lowest BCUT2D eigenvalue weighted by atomic mass is 9.91. The maximum atomic E-state index is 13.1. The summed E-state index contributed by atoms with van der Waals surface area (Å²) in [4.78, 5) is 21.3. The van der Waals surface area contributed by atoms with Crippen molar-refractivity contribution in [3.63, 3.8) is 0 Å². The van der Waals surface area contributed by atoms with E-state index in [0.717, 1.165) is 31.2 Å². The molecule has 29 heavy (non-hydrogen) atoms. The van der Waals surface area contributed by atoms with Gasteiger partial charge in [-0.3, -0.25) is 4.79 Å². The van der Waals surface area contributed by atoms with E-state index in [-0.39, 0.29) is 23.8 Å². The van der Waals surface area contributed by atoms with Gasteiger partial charge in [0.2, 0.25) is 5.88 Å². The number of fused-ring (bicyclic) bond motifs is 1. The van der Waals surface area contributed by atoms with Gasteiger partial charge < -0.3 is 21.5 Å². The molecule has 152 valence electrons. The number of pyridine rings is 1. The van der Waals surface area contributed by atoms with E-state index in [1.54, 1.807) is 16.8 Å². The van der Waals surface area contributed by atoms with Gasteiger partial charge in [0, 0.05) is 29.9 Å². The van der Waals surface area contributed by atoms with Gasteiger partial charge >= 0.3 is 0 Å². The van der Waals surface area contributed by atoms with E-state index < -0.39 is 0 Å². The Bertz CT molecular complexity index is 1020. The number of carbonyl (C=O) groups is 1. The first-order valence-electron chi connectivity index (χ1n) is 9.84. The van der Waals surface area contributed by atoms with Gasteiger partial charge in [-0.1, -0.05) is 0 Å². The lowest BCUT2D eigenvalue weighted by Crippen LogP contribution is -2.40. The monoisotopic (exact) mass is 395 g/mol. The first-order chi connectivity index (χ1) is 14.1. The smallest absolute Gasteiger partial charge is 0.253 e. The standard InChI is InChI=1S/C20H25N7O2/c1-2-29-17-9-12(7-8-23-17)16-10-15(18-19(22)24-11-25-27(16)18)20(28)26-14-5-3-13(21)4-6-14/h7-11,13-14H,2-6,21H2,1H3,(H,26,28)(H2,22,24,25). The average molecular weight is 395 g/mol. The van der Waals surface area contributed by atoms with Crippen LogP contribution < -0.4 is 21.5 Å². The molecule has 1 amide bonds. The summed E-state index contributed by atoms with van der Waals surface area (Å²) in [5.41, 5.74) is 14.5. The van der Waals surface area contributed by atoms with Crippen molar-refractivity contribution in [1.29, 1.82) is 0 Å². The van der Waals surface area contributed by atoms with Gasteiger partial charge in [-0.15, -0.1) is 0 Å². The second-order valence-electron chi connectivity index (χ2n) is 7.25. The Hall–Kier alpha value is -3.20. The second kappa shape index (κ2) is 8.04. The Labute approximate surface area is 168 Å². The minimum absolute atomic E-state index is 0.108. The van der Waals surface area contributed by atoms with E-state index in [1.165, 1.54) is 6.33 Å². The number of nitrogens with one attached hydrogen (secondary N) is 1. The summed E-state index contributed by atoms with van der Waals surface area (Å²) in [5.74, 6) is 0.572. The summed E-state index contributed by atoms with van der Waals surface area (Å²) in [7, 11) is 0. The zero-order valence-corrected chi connectivity index (χ0v) is 16.3. The summed E-state index contributed by atoms with van der Waals surface area (Å²) < 4.78 is 7.14. The number of hydrogen-bond acceptors (Lipinski definition) is 7. The Kier molecular flexibility index (Phi) is 5.30. The minimum atomic E-state index is -0.185. The molecule has 0 bridgehead atoms. The molecule has 1 fully saturated rings. The largest absolute Gasteiger partial charge is 0.478 e. The highest BCUT2D eigenvalue weighted by atomic mass is 16.5. The van der Waals surface area contributed by atoms with Crippen LogP contribution in [0.25, 0.3) is 16.8 Å². The molecule has 0 unspecified atom stereocenters. The summed E-state index contributed by atoms with van der Waals surface area (Å²) in [6.45, 7) is 2.41. The van der Waals surface area contributed by atoms with Crippen LogP contribution >= 0.6 is 0 Å². The number of anilines is 1. The van der Waals surface area contributed by atoms with Crippen LogP contribution in [0, 0.1) is 0 Å². The zero-order valence-electron chi connectivity index (χ0n) is 16.3. The fraction of sp³-hybridized carbons (Fsp3) is 0.400. The number of aromatic nitrogens is 4. The molecule has 3 heterocycles. The van der Waals surface area contributed by atoms with Gasteiger partial charge in [0.1, 0.15) is 11.8 Å². The van der Waals surface area contributed by atoms with E-state index in [1.807, 2.05) is 19.1 Å². The van der Waals surface area contributed by atoms with Crippen LogP contribution in [0.5, 0.6) is 5.88 Å². The van der Waals surface area contributed by atoms with Gasteiger partial charge in [0.15, 0.2) is 5.82 Å². The SMILES string of the molecule is CCOc1cc(-c2cc(C(=O)NC3CCC(N)CC3)c3c(N)ncnn23)ccn1. The Balaban J connectivity index is 1.72. The molecule has 4 rings (SSSR count). The highest BCUT2D eigenvalue weighted by Gasteiger charge is 2.24. The van der Waals surface area contributed by atoms with Gasteiger partial charge in [-0.25, -0.2) is 14.5 Å². The van der Waals surface area contributed by atoms with Gasteiger partial charge in [-0.2, -0.15) is 5.10 Å². The number of amides is 1. The topological polar surface area (TPSA) is 133 Å². The molecular formula is C20H25N7O2. The third-order valence-electron chi connectivity index (χ3n) is 5.26. The lowest BCUT2D eigenvalue weighted by Gasteiger charge is -2.26. The van der Waals surface area contributed by atoms with Crippen LogP contribution in [-0.4, -0.2) is 44.2 Å². The molecule has 5 N–H and O–H groups in total. The molecular weight excluding hydrogens is 370 g/mol. The van der Waals surface area contributed by atoms with Crippen LogP contribution in [0.15, 0.2) is 30.7 Å². The fourth-order valence-corrected chi connectivity index (χ4v) is 3.77. The van der Waals surface area contributed by atoms with Gasteiger partial charge in [-0.05, 0) is 44.7 Å². The van der Waals surface area contributed by atoms with E-state index in [4.69, 9.17) is 16.2 Å². The van der Waals surface area contributed by atoms with Crippen molar-refractivity contribution in [3.8, 4) is 17.1 Å². The zero-order chi connectivity index (χ0) is 20.4. The highest BCUT2D eigenvalue weighted by molar-refractivity contribution is 6.05. The molecule has 0 aliphatic heterocycles. The summed E-state index contributed by atoms with van der Waals surface area (Å²) in [6.07, 6.45) is 6.61. The summed E-state index contributed by atoms with van der Waals surface area (Å²) >= 11 is 0. The van der Waals surface area contributed by atoms with Crippen molar-refractivity contribution in [1.82, 2.24) is 24.9 Å². The third kappa shape index (κ3) is 3.86. The molecule has 0 radical (unpaired) electrons. The molecule has 0 spiro atoms. The van der Waals surface area contributed by atoms with Crippen LogP contribution in [0.2, 0.25) is 0 Å². The first-order valence-corrected chi connectivity index (χ1v) is 9.84. The van der Waals surface area contributed by atoms with E-state index in [0.29, 0.717) is 29.3 Å². The number of nitrogen functional groups attached to an aromatic ring is 1. The van der Waals surface area contributed by atoms with E-state index in [2.05, 4.69) is 20.4 Å². The second-order valence-corrected chi connectivity index (χ2v) is 7.25. The molecule has 1 aliphatic carbocycles. The van der Waals surface area contributed by atoms with Crippen molar-refractivity contribution >= 4 is 17.2 Å². The summed E-state index contributed by atoms with van der Waals surface area (Å²) in [6, 6.07) is 5.77. The fourth-order valence-electron chi connectivity index (χ4n) is 3.77. The maximum absolute atomic E-state index is 13.1. The number of nitrogens with zero attached hydrogens (tertiary/aromatic N) is 4. The predicted molar refractivity (Wildman–Crippen MR) is 109 cm³/mol. The Morgan fingerprint density at radius 3 is 2.83 bits per heavy atom. The van der Waals surface area contributed by atoms with Crippen molar-refractivity contribution in [2.75, 3.05) is 12.3 Å². The molecule has 1 aliphatic rings. The van der Waals surface area contributed by atoms with Crippen molar-refractivity contribution < 1.29 is 9.53 Å². The van der Waals surface area contributed by atoms with Gasteiger partial charge in [0.25, 0.3) is 5.91 Å². The summed E-state index contributed by atoms with van der Waals surface area (Å²) in [5, 5.41) is 7.44. The number of ether oxygens (including phenoxy) is 1. The minimum Gasteiger partial charge on any atom is -0.478 e. The molecule has 3 aromatic heterocycles. The van der Waals surface area contributed by atoms with Crippen LogP contribution in [0.4, 0.5) is 5.82 Å². The van der Waals surface area contributed by atoms with E-state index >= 15 is 0 Å². The molecule has 9 nitrogen and oxygen atoms in total. The molecule has 9 heteroatoms. The normalized spacial score (nSPS) is 19.2. The predicted octanol–water partition coefficient (Wildman–Crippen LogP) is 1.77. The first kappa shape index (κ1) is 19.1. The van der Waals surface area contributed by atoms with Crippen molar-refractivity contribution in [3.05, 3.63) is 36.3 Å². The number of rotatable bonds is 5. The van der Waals surface area contributed by atoms with E-state index in [9.17, 15) is 4.79 Å². The lowest BCUT2D eigenvalue weighted by molar-refractivity contribution is 0.0927. The van der Waals surface area contributed by atoms with Crippen LogP contribution in [-0.2, 0) is 0 Å². The maximum Gasteiger partial charge on any atom is 0.253 e. The Morgan fingerprint density at radius 1 is 1.28 bits per heavy atom. The molecule has 3 aromatic rings. The molecule has 0 atom stereocenters. The molecule has 0 aromatic carbocycles. The molecule has 0 saturated heterocycles. The third-order valence-corrected chi connectivity index (χ3v) is 5.26. The number of carbonyl (C=O) groups excluding carboxylic acids is 1. The number of nitrogens with two attached hydrogens (primary N) is 2. The van der Waals surface area contributed by atoms with Crippen LogP contribution in [0.1, 0.15) is 43.0 Å².